The topological polar surface area (TPSA) is 53.7 Å². The van der Waals surface area contributed by atoms with Gasteiger partial charge in [-0.05, 0) is 31.6 Å². The van der Waals surface area contributed by atoms with Gasteiger partial charge in [-0.15, -0.1) is 0 Å². The van der Waals surface area contributed by atoms with Crippen molar-refractivity contribution in [2.24, 2.45) is 11.7 Å². The van der Waals surface area contributed by atoms with Crippen LogP contribution in [0.4, 0.5) is 0 Å². The summed E-state index contributed by atoms with van der Waals surface area (Å²) in [6.07, 6.45) is 5.48. The minimum absolute atomic E-state index is 0.315. The highest BCUT2D eigenvalue weighted by Crippen LogP contribution is 2.07. The van der Waals surface area contributed by atoms with E-state index in [-0.39, 0.29) is 0 Å². The monoisotopic (exact) mass is 289 g/mol. The zero-order valence-electron chi connectivity index (χ0n) is 13.7. The maximum atomic E-state index is 6.01. The zero-order valence-corrected chi connectivity index (χ0v) is 13.7. The number of ether oxygens (including phenoxy) is 3. The molecule has 0 aromatic heterocycles. The fourth-order valence-electron chi connectivity index (χ4n) is 1.96. The molecule has 4 nitrogen and oxygen atoms in total. The molecule has 0 aliphatic carbocycles. The lowest BCUT2D eigenvalue weighted by molar-refractivity contribution is 0.0132. The molecule has 0 fully saturated rings. The van der Waals surface area contributed by atoms with Gasteiger partial charge in [-0.25, -0.2) is 0 Å². The van der Waals surface area contributed by atoms with Crippen molar-refractivity contribution in [2.45, 2.75) is 58.9 Å². The quantitative estimate of drug-likeness (QED) is 0.471. The maximum Gasteiger partial charge on any atom is 0.0701 e. The summed E-state index contributed by atoms with van der Waals surface area (Å²) in [5.74, 6) is 0.680. The Kier molecular flexibility index (Phi) is 15.1. The lowest BCUT2D eigenvalue weighted by Gasteiger charge is -2.13. The third-order valence-electron chi connectivity index (χ3n) is 3.02. The summed E-state index contributed by atoms with van der Waals surface area (Å²) in [4.78, 5) is 0. The highest BCUT2D eigenvalue weighted by molar-refractivity contribution is 4.63. The fourth-order valence-corrected chi connectivity index (χ4v) is 1.96. The fraction of sp³-hybridized carbons (Fsp3) is 1.00. The molecular weight excluding hydrogens is 254 g/mol. The molecule has 0 heterocycles. The van der Waals surface area contributed by atoms with Crippen LogP contribution in [-0.2, 0) is 14.2 Å². The lowest BCUT2D eigenvalue weighted by Crippen LogP contribution is -2.22. The molecule has 0 rings (SSSR count). The molecule has 0 aromatic rings. The highest BCUT2D eigenvalue weighted by atomic mass is 16.5. The van der Waals surface area contributed by atoms with Crippen LogP contribution >= 0.6 is 0 Å². The first kappa shape index (κ1) is 19.8. The molecule has 0 aliphatic heterocycles. The van der Waals surface area contributed by atoms with Gasteiger partial charge in [-0.1, -0.05) is 27.2 Å². The summed E-state index contributed by atoms with van der Waals surface area (Å²) in [5.41, 5.74) is 6.01. The minimum atomic E-state index is 0.315. The molecular formula is C16H35NO3. The average molecular weight is 289 g/mol. The van der Waals surface area contributed by atoms with E-state index in [1.165, 1.54) is 6.42 Å². The first-order chi connectivity index (χ1) is 9.66. The van der Waals surface area contributed by atoms with E-state index in [2.05, 4.69) is 20.8 Å². The second kappa shape index (κ2) is 15.2. The first-order valence-electron chi connectivity index (χ1n) is 8.15. The van der Waals surface area contributed by atoms with Crippen molar-refractivity contribution in [1.82, 2.24) is 0 Å². The highest BCUT2D eigenvalue weighted by Gasteiger charge is 2.04. The number of nitrogens with two attached hydrogens (primary N) is 1. The third kappa shape index (κ3) is 15.9. The zero-order chi connectivity index (χ0) is 15.1. The van der Waals surface area contributed by atoms with Gasteiger partial charge in [0.15, 0.2) is 0 Å². The molecule has 4 heteroatoms. The van der Waals surface area contributed by atoms with Gasteiger partial charge in [0.1, 0.15) is 0 Å². The molecule has 0 aliphatic rings. The van der Waals surface area contributed by atoms with Crippen molar-refractivity contribution < 1.29 is 14.2 Å². The Morgan fingerprint density at radius 1 is 0.800 bits per heavy atom. The smallest absolute Gasteiger partial charge is 0.0701 e. The van der Waals surface area contributed by atoms with Crippen LogP contribution in [0.25, 0.3) is 0 Å². The average Bonchev–Trinajstić information content (AvgIpc) is 2.39. The molecule has 2 N–H and O–H groups in total. The van der Waals surface area contributed by atoms with Crippen molar-refractivity contribution in [3.8, 4) is 0 Å². The van der Waals surface area contributed by atoms with Crippen molar-refractivity contribution in [3.63, 3.8) is 0 Å². The van der Waals surface area contributed by atoms with E-state index in [1.807, 2.05) is 0 Å². The van der Waals surface area contributed by atoms with Crippen LogP contribution in [0.15, 0.2) is 0 Å². The van der Waals surface area contributed by atoms with Crippen LogP contribution < -0.4 is 5.73 Å². The van der Waals surface area contributed by atoms with E-state index < -0.39 is 0 Å². The van der Waals surface area contributed by atoms with Crippen molar-refractivity contribution in [2.75, 3.05) is 39.6 Å². The van der Waals surface area contributed by atoms with E-state index in [1.54, 1.807) is 0 Å². The number of rotatable bonds is 15. The van der Waals surface area contributed by atoms with Gasteiger partial charge in [-0.3, -0.25) is 0 Å². The molecule has 0 saturated heterocycles. The predicted molar refractivity (Wildman–Crippen MR) is 84.0 cm³/mol. The second-order valence-electron chi connectivity index (χ2n) is 5.72. The maximum absolute atomic E-state index is 6.01. The molecule has 0 amide bonds. The van der Waals surface area contributed by atoms with E-state index in [0.717, 1.165) is 38.9 Å². The van der Waals surface area contributed by atoms with E-state index in [9.17, 15) is 0 Å². The van der Waals surface area contributed by atoms with E-state index in [4.69, 9.17) is 19.9 Å². The summed E-state index contributed by atoms with van der Waals surface area (Å²) in [7, 11) is 0. The van der Waals surface area contributed by atoms with Gasteiger partial charge >= 0.3 is 0 Å². The van der Waals surface area contributed by atoms with Gasteiger partial charge in [0.05, 0.1) is 26.4 Å². The molecule has 0 spiro atoms. The van der Waals surface area contributed by atoms with Crippen LogP contribution in [0, 0.1) is 5.92 Å². The third-order valence-corrected chi connectivity index (χ3v) is 3.02. The summed E-state index contributed by atoms with van der Waals surface area (Å²) >= 11 is 0. The van der Waals surface area contributed by atoms with Gasteiger partial charge in [0, 0.05) is 19.3 Å². The SMILES string of the molecule is CCCCOCCOCCOCCCC(N)CC(C)C. The first-order valence-corrected chi connectivity index (χ1v) is 8.15. The standard InChI is InChI=1S/C16H35NO3/c1-4-5-8-18-10-12-20-13-11-19-9-6-7-16(17)14-15(2)3/h15-16H,4-14,17H2,1-3H3. The van der Waals surface area contributed by atoms with Gasteiger partial charge in [0.2, 0.25) is 0 Å². The molecule has 122 valence electrons. The summed E-state index contributed by atoms with van der Waals surface area (Å²) < 4.78 is 16.3. The van der Waals surface area contributed by atoms with Crippen LogP contribution in [0.1, 0.15) is 52.9 Å². The summed E-state index contributed by atoms with van der Waals surface area (Å²) in [6, 6.07) is 0.315. The number of unbranched alkanes of at least 4 members (excludes halogenated alkanes) is 1. The Balaban J connectivity index is 3.06. The Hall–Kier alpha value is -0.160. The molecule has 0 saturated carbocycles. The lowest BCUT2D eigenvalue weighted by atomic mass is 10.0. The summed E-state index contributed by atoms with van der Waals surface area (Å²) in [5, 5.41) is 0. The van der Waals surface area contributed by atoms with Crippen LogP contribution in [0.3, 0.4) is 0 Å². The molecule has 0 aromatic carbocycles. The Morgan fingerprint density at radius 2 is 1.30 bits per heavy atom. The normalized spacial score (nSPS) is 13.1. The second-order valence-corrected chi connectivity index (χ2v) is 5.72. The van der Waals surface area contributed by atoms with Crippen molar-refractivity contribution in [3.05, 3.63) is 0 Å². The minimum Gasteiger partial charge on any atom is -0.379 e. The summed E-state index contributed by atoms with van der Waals surface area (Å²) in [6.45, 7) is 10.8. The number of hydrogen-bond acceptors (Lipinski definition) is 4. The van der Waals surface area contributed by atoms with Gasteiger partial charge in [0.25, 0.3) is 0 Å². The van der Waals surface area contributed by atoms with E-state index >= 15 is 0 Å². The molecule has 1 atom stereocenters. The van der Waals surface area contributed by atoms with Gasteiger partial charge < -0.3 is 19.9 Å². The van der Waals surface area contributed by atoms with Crippen molar-refractivity contribution >= 4 is 0 Å². The largest absolute Gasteiger partial charge is 0.379 e. The molecule has 0 bridgehead atoms. The Morgan fingerprint density at radius 3 is 1.80 bits per heavy atom. The van der Waals surface area contributed by atoms with Gasteiger partial charge in [-0.2, -0.15) is 0 Å². The molecule has 20 heavy (non-hydrogen) atoms. The Labute approximate surface area is 125 Å². The predicted octanol–water partition coefficient (Wildman–Crippen LogP) is 2.99. The van der Waals surface area contributed by atoms with Crippen LogP contribution in [0.5, 0.6) is 0 Å². The Bertz CT molecular complexity index is 189. The van der Waals surface area contributed by atoms with Crippen LogP contribution in [-0.4, -0.2) is 45.7 Å². The number of hydrogen-bond donors (Lipinski definition) is 1. The molecule has 0 radical (unpaired) electrons. The molecule has 1 unspecified atom stereocenters. The van der Waals surface area contributed by atoms with Crippen LogP contribution in [0.2, 0.25) is 0 Å². The van der Waals surface area contributed by atoms with E-state index in [0.29, 0.717) is 38.4 Å². The van der Waals surface area contributed by atoms with Crippen molar-refractivity contribution in [1.29, 1.82) is 0 Å².